The lowest BCUT2D eigenvalue weighted by atomic mass is 9.98. The molecule has 1 aromatic rings. The van der Waals surface area contributed by atoms with Crippen molar-refractivity contribution in [3.8, 4) is 5.75 Å². The molecule has 0 spiro atoms. The first kappa shape index (κ1) is 13.9. The Balaban J connectivity index is 1.74. The molecule has 1 fully saturated rings. The van der Waals surface area contributed by atoms with E-state index in [2.05, 4.69) is 17.4 Å². The Labute approximate surface area is 120 Å². The Morgan fingerprint density at radius 3 is 2.70 bits per heavy atom. The highest BCUT2D eigenvalue weighted by molar-refractivity contribution is 7.91. The molecule has 20 heavy (non-hydrogen) atoms. The van der Waals surface area contributed by atoms with Crippen molar-refractivity contribution in [1.82, 2.24) is 5.32 Å². The first-order chi connectivity index (χ1) is 9.46. The first-order valence-electron chi connectivity index (χ1n) is 7.18. The monoisotopic (exact) mass is 295 g/mol. The predicted octanol–water partition coefficient (Wildman–Crippen LogP) is 1.68. The van der Waals surface area contributed by atoms with Crippen molar-refractivity contribution in [2.45, 2.75) is 38.3 Å². The number of fused-ring (bicyclic) bond motifs is 1. The fraction of sp³-hybridized carbons (Fsp3) is 0.600. The van der Waals surface area contributed by atoms with Crippen molar-refractivity contribution < 1.29 is 13.2 Å². The minimum Gasteiger partial charge on any atom is -0.488 e. The Bertz CT molecular complexity index is 596. The van der Waals surface area contributed by atoms with Crippen molar-refractivity contribution in [3.05, 3.63) is 29.3 Å². The van der Waals surface area contributed by atoms with Crippen molar-refractivity contribution >= 4 is 9.84 Å². The maximum absolute atomic E-state index is 11.5. The van der Waals surface area contributed by atoms with Gasteiger partial charge in [0.25, 0.3) is 0 Å². The number of ether oxygens (including phenoxy) is 1. The van der Waals surface area contributed by atoms with Crippen LogP contribution in [0.15, 0.2) is 18.2 Å². The van der Waals surface area contributed by atoms with E-state index in [0.717, 1.165) is 25.3 Å². The van der Waals surface area contributed by atoms with Gasteiger partial charge in [-0.25, -0.2) is 8.42 Å². The van der Waals surface area contributed by atoms with Crippen LogP contribution in [-0.2, 0) is 22.8 Å². The predicted molar refractivity (Wildman–Crippen MR) is 78.8 cm³/mol. The minimum atomic E-state index is -2.85. The third-order valence-electron chi connectivity index (χ3n) is 4.31. The van der Waals surface area contributed by atoms with Gasteiger partial charge in [0.1, 0.15) is 11.4 Å². The van der Waals surface area contributed by atoms with E-state index in [4.69, 9.17) is 4.74 Å². The van der Waals surface area contributed by atoms with Crippen molar-refractivity contribution in [2.24, 2.45) is 0 Å². The van der Waals surface area contributed by atoms with Crippen LogP contribution in [0, 0.1) is 0 Å². The number of rotatable bonds is 2. The molecule has 1 saturated heterocycles. The first-order valence-corrected chi connectivity index (χ1v) is 9.00. The lowest BCUT2D eigenvalue weighted by Gasteiger charge is -2.34. The molecule has 1 aromatic carbocycles. The molecule has 5 heteroatoms. The van der Waals surface area contributed by atoms with Gasteiger partial charge in [0.15, 0.2) is 9.84 Å². The molecule has 2 aliphatic rings. The Hall–Kier alpha value is -1.07. The molecule has 0 saturated carbocycles. The third kappa shape index (κ3) is 2.99. The van der Waals surface area contributed by atoms with Crippen LogP contribution in [0.3, 0.4) is 0 Å². The third-order valence-corrected chi connectivity index (χ3v) is 5.96. The maximum Gasteiger partial charge on any atom is 0.150 e. The molecule has 2 aliphatic heterocycles. The van der Waals surface area contributed by atoms with Crippen LogP contribution < -0.4 is 10.1 Å². The second kappa shape index (κ2) is 5.04. The smallest absolute Gasteiger partial charge is 0.150 e. The fourth-order valence-electron chi connectivity index (χ4n) is 2.87. The van der Waals surface area contributed by atoms with Gasteiger partial charge >= 0.3 is 0 Å². The quantitative estimate of drug-likeness (QED) is 0.902. The van der Waals surface area contributed by atoms with Gasteiger partial charge in [-0.2, -0.15) is 0 Å². The van der Waals surface area contributed by atoms with Crippen molar-refractivity contribution in [2.75, 3.05) is 18.1 Å². The summed E-state index contributed by atoms with van der Waals surface area (Å²) in [7, 11) is -2.85. The van der Waals surface area contributed by atoms with Gasteiger partial charge in [-0.1, -0.05) is 6.07 Å². The molecule has 0 aliphatic carbocycles. The van der Waals surface area contributed by atoms with E-state index in [1.165, 1.54) is 11.1 Å². The van der Waals surface area contributed by atoms with Gasteiger partial charge in [-0.3, -0.25) is 0 Å². The molecule has 2 heterocycles. The van der Waals surface area contributed by atoms with Crippen LogP contribution in [-0.4, -0.2) is 32.1 Å². The van der Waals surface area contributed by atoms with Crippen molar-refractivity contribution in [1.29, 1.82) is 0 Å². The fourth-order valence-corrected chi connectivity index (χ4v) is 4.56. The normalized spacial score (nSPS) is 23.9. The number of benzene rings is 1. The Morgan fingerprint density at radius 1 is 1.20 bits per heavy atom. The summed E-state index contributed by atoms with van der Waals surface area (Å²) in [4.78, 5) is 0. The van der Waals surface area contributed by atoms with Crippen molar-refractivity contribution in [3.63, 3.8) is 0 Å². The summed E-state index contributed by atoms with van der Waals surface area (Å²) in [5.74, 6) is 1.34. The number of sulfone groups is 1. The van der Waals surface area contributed by atoms with Crippen LogP contribution in [0.2, 0.25) is 0 Å². The van der Waals surface area contributed by atoms with Crippen LogP contribution in [0.5, 0.6) is 5.75 Å². The highest BCUT2D eigenvalue weighted by atomic mass is 32.2. The highest BCUT2D eigenvalue weighted by Gasteiger charge is 2.35. The van der Waals surface area contributed by atoms with E-state index < -0.39 is 9.84 Å². The summed E-state index contributed by atoms with van der Waals surface area (Å²) < 4.78 is 29.2. The van der Waals surface area contributed by atoms with Crippen LogP contribution in [0.25, 0.3) is 0 Å². The molecular formula is C15H21NO3S. The summed E-state index contributed by atoms with van der Waals surface area (Å²) >= 11 is 0. The van der Waals surface area contributed by atoms with Crippen LogP contribution >= 0.6 is 0 Å². The van der Waals surface area contributed by atoms with Gasteiger partial charge < -0.3 is 10.1 Å². The molecule has 0 unspecified atom stereocenters. The van der Waals surface area contributed by atoms with E-state index in [-0.39, 0.29) is 17.1 Å². The number of nitrogens with one attached hydrogen (secondary N) is 1. The van der Waals surface area contributed by atoms with Gasteiger partial charge in [0.2, 0.25) is 0 Å². The summed E-state index contributed by atoms with van der Waals surface area (Å²) in [6, 6.07) is 6.23. The minimum absolute atomic E-state index is 0.234. The topological polar surface area (TPSA) is 55.4 Å². The van der Waals surface area contributed by atoms with Gasteiger partial charge in [-0.05, 0) is 43.1 Å². The molecule has 0 aromatic heterocycles. The molecule has 3 rings (SSSR count). The average molecular weight is 295 g/mol. The van der Waals surface area contributed by atoms with Gasteiger partial charge in [0, 0.05) is 19.4 Å². The largest absolute Gasteiger partial charge is 0.488 e. The molecular weight excluding hydrogens is 274 g/mol. The molecule has 0 radical (unpaired) electrons. The second-order valence-electron chi connectivity index (χ2n) is 6.06. The average Bonchev–Trinajstić information content (AvgIpc) is 2.43. The molecule has 0 amide bonds. The Kier molecular flexibility index (Phi) is 3.50. The SMILES string of the molecule is CC1(Oc2ccc3c(c2)CCNC3)CCS(=O)(=O)CC1. The second-order valence-corrected chi connectivity index (χ2v) is 8.36. The standard InChI is InChI=1S/C15H21NO3S/c1-15(5-8-20(17,18)9-6-15)19-14-3-2-13-11-16-7-4-12(13)10-14/h2-3,10,16H,4-9,11H2,1H3. The Morgan fingerprint density at radius 2 is 1.95 bits per heavy atom. The molecule has 0 atom stereocenters. The number of hydrogen-bond donors (Lipinski definition) is 1. The summed E-state index contributed by atoms with van der Waals surface area (Å²) in [6.07, 6.45) is 2.18. The van der Waals surface area contributed by atoms with Crippen LogP contribution in [0.1, 0.15) is 30.9 Å². The van der Waals surface area contributed by atoms with Gasteiger partial charge in [0.05, 0.1) is 11.5 Å². The lowest BCUT2D eigenvalue weighted by molar-refractivity contribution is 0.0778. The zero-order valence-electron chi connectivity index (χ0n) is 11.8. The van der Waals surface area contributed by atoms with E-state index in [1.54, 1.807) is 0 Å². The molecule has 4 nitrogen and oxygen atoms in total. The molecule has 0 bridgehead atoms. The van der Waals surface area contributed by atoms with Gasteiger partial charge in [-0.15, -0.1) is 0 Å². The zero-order valence-corrected chi connectivity index (χ0v) is 12.6. The van der Waals surface area contributed by atoms with E-state index in [1.807, 2.05) is 13.0 Å². The zero-order chi connectivity index (χ0) is 14.2. The maximum atomic E-state index is 11.5. The summed E-state index contributed by atoms with van der Waals surface area (Å²) in [6.45, 7) is 3.94. The summed E-state index contributed by atoms with van der Waals surface area (Å²) in [5, 5.41) is 3.35. The van der Waals surface area contributed by atoms with E-state index in [0.29, 0.717) is 12.8 Å². The highest BCUT2D eigenvalue weighted by Crippen LogP contribution is 2.31. The lowest BCUT2D eigenvalue weighted by Crippen LogP contribution is -2.41. The van der Waals surface area contributed by atoms with E-state index in [9.17, 15) is 8.42 Å². The summed E-state index contributed by atoms with van der Waals surface area (Å²) in [5.41, 5.74) is 2.32. The molecule has 110 valence electrons. The van der Waals surface area contributed by atoms with Crippen LogP contribution in [0.4, 0.5) is 0 Å². The molecule has 1 N–H and O–H groups in total. The number of hydrogen-bond acceptors (Lipinski definition) is 4. The van der Waals surface area contributed by atoms with E-state index >= 15 is 0 Å².